The maximum Gasteiger partial charge on any atom is 0.307 e. The molecule has 2 aliphatic heterocycles. The maximum absolute atomic E-state index is 12.5. The van der Waals surface area contributed by atoms with E-state index in [1.54, 1.807) is 0 Å². The van der Waals surface area contributed by atoms with Crippen molar-refractivity contribution in [1.29, 1.82) is 0 Å². The molecule has 4 aromatic rings. The highest BCUT2D eigenvalue weighted by atomic mass is 32.2. The molecule has 2 fully saturated rings. The summed E-state index contributed by atoms with van der Waals surface area (Å²) in [4.78, 5) is 39.2. The van der Waals surface area contributed by atoms with E-state index in [4.69, 9.17) is 9.47 Å². The van der Waals surface area contributed by atoms with Gasteiger partial charge in [0, 0.05) is 71.9 Å². The molecule has 8 nitrogen and oxygen atoms in total. The lowest BCUT2D eigenvalue weighted by molar-refractivity contribution is -0.155. The molecule has 0 aliphatic carbocycles. The van der Waals surface area contributed by atoms with Gasteiger partial charge in [0.2, 0.25) is 0 Å². The molecule has 0 aromatic heterocycles. The van der Waals surface area contributed by atoms with E-state index in [2.05, 4.69) is 132 Å². The highest BCUT2D eigenvalue weighted by Crippen LogP contribution is 2.38. The second-order valence-corrected chi connectivity index (χ2v) is 15.8. The van der Waals surface area contributed by atoms with Crippen LogP contribution in [0.2, 0.25) is 0 Å². The van der Waals surface area contributed by atoms with Gasteiger partial charge in [-0.05, 0) is 75.2 Å². The Hall–Kier alpha value is -3.96. The number of piperazine rings is 2. The van der Waals surface area contributed by atoms with Crippen LogP contribution in [0.3, 0.4) is 0 Å². The van der Waals surface area contributed by atoms with E-state index in [-0.39, 0.29) is 38.2 Å². The number of nitrogens with zero attached hydrogens (tertiary/aromatic N) is 4. The van der Waals surface area contributed by atoms with Crippen LogP contribution in [-0.4, -0.2) is 87.6 Å². The molecule has 2 heterocycles. The Morgan fingerprint density at radius 1 is 0.519 bits per heavy atom. The number of hydrogen-bond donors (Lipinski definition) is 0. The van der Waals surface area contributed by atoms with Crippen molar-refractivity contribution in [2.75, 3.05) is 75.6 Å². The summed E-state index contributed by atoms with van der Waals surface area (Å²) in [6.07, 6.45) is 0.0367. The van der Waals surface area contributed by atoms with Crippen LogP contribution in [0.15, 0.2) is 105 Å². The SMILES string of the molecule is Cc1ccc(Sc2ccccc2N2CCN(COC(=O)CCC(=O)OCN3CCN(c4ccccc4Sc4ccc(C)cc4C)CC3)CC2)c(C)c1. The number of rotatable bonds is 13. The molecular weight excluding hydrogens is 689 g/mol. The van der Waals surface area contributed by atoms with Crippen LogP contribution in [0, 0.1) is 27.7 Å². The van der Waals surface area contributed by atoms with Crippen LogP contribution < -0.4 is 9.80 Å². The summed E-state index contributed by atoms with van der Waals surface area (Å²) in [5, 5.41) is 0. The lowest BCUT2D eigenvalue weighted by atomic mass is 10.2. The summed E-state index contributed by atoms with van der Waals surface area (Å²) >= 11 is 3.62. The molecule has 274 valence electrons. The molecule has 0 unspecified atom stereocenters. The standard InChI is InChI=1S/C42H50N4O4S2/c1-31-13-15-37(33(3)27-31)51-39-11-7-5-9-35(39)45-23-19-43(20-24-45)29-49-41(47)17-18-42(48)50-30-44-21-25-46(26-22-44)36-10-6-8-12-40(36)52-38-16-14-32(2)28-34(38)4/h5-16,27-28H,17-26,29-30H2,1-4H3. The number of carbonyl (C=O) groups excluding carboxylic acids is 2. The molecule has 2 aliphatic rings. The average Bonchev–Trinajstić information content (AvgIpc) is 3.15. The third-order valence-electron chi connectivity index (χ3n) is 9.61. The second-order valence-electron chi connectivity index (χ2n) is 13.7. The smallest absolute Gasteiger partial charge is 0.307 e. The number of aryl methyl sites for hydroxylation is 4. The normalized spacial score (nSPS) is 15.5. The van der Waals surface area contributed by atoms with E-state index in [1.807, 2.05) is 23.5 Å². The summed E-state index contributed by atoms with van der Waals surface area (Å²) < 4.78 is 11.1. The van der Waals surface area contributed by atoms with E-state index in [1.165, 1.54) is 53.2 Å². The fraction of sp³-hybridized carbons (Fsp3) is 0.381. The summed E-state index contributed by atoms with van der Waals surface area (Å²) in [5.74, 6) is -0.749. The molecule has 6 rings (SSSR count). The minimum Gasteiger partial charge on any atom is -0.449 e. The van der Waals surface area contributed by atoms with Gasteiger partial charge in [0.15, 0.2) is 0 Å². The zero-order chi connectivity index (χ0) is 36.5. The summed E-state index contributed by atoms with van der Waals surface area (Å²) in [7, 11) is 0. The number of carbonyl (C=O) groups is 2. The molecule has 0 saturated carbocycles. The lowest BCUT2D eigenvalue weighted by Gasteiger charge is -2.36. The van der Waals surface area contributed by atoms with E-state index < -0.39 is 0 Å². The van der Waals surface area contributed by atoms with Gasteiger partial charge in [-0.2, -0.15) is 0 Å². The van der Waals surface area contributed by atoms with E-state index in [9.17, 15) is 9.59 Å². The highest BCUT2D eigenvalue weighted by Gasteiger charge is 2.23. The number of anilines is 2. The molecule has 0 atom stereocenters. The Kier molecular flexibility index (Phi) is 13.2. The predicted octanol–water partition coefficient (Wildman–Crippen LogP) is 7.95. The van der Waals surface area contributed by atoms with Gasteiger partial charge in [0.1, 0.15) is 13.5 Å². The zero-order valence-corrected chi connectivity index (χ0v) is 32.4. The molecule has 4 aromatic carbocycles. The van der Waals surface area contributed by atoms with Crippen molar-refractivity contribution < 1.29 is 19.1 Å². The molecule has 0 bridgehead atoms. The van der Waals surface area contributed by atoms with Gasteiger partial charge < -0.3 is 19.3 Å². The Morgan fingerprint density at radius 3 is 1.29 bits per heavy atom. The first-order chi connectivity index (χ1) is 25.2. The van der Waals surface area contributed by atoms with Crippen LogP contribution >= 0.6 is 23.5 Å². The lowest BCUT2D eigenvalue weighted by Crippen LogP contribution is -2.47. The monoisotopic (exact) mass is 738 g/mol. The number of esters is 2. The van der Waals surface area contributed by atoms with Crippen molar-refractivity contribution >= 4 is 46.8 Å². The van der Waals surface area contributed by atoms with Crippen molar-refractivity contribution in [3.8, 4) is 0 Å². The minimum atomic E-state index is -0.374. The second kappa shape index (κ2) is 18.2. The largest absolute Gasteiger partial charge is 0.449 e. The first-order valence-electron chi connectivity index (χ1n) is 18.2. The van der Waals surface area contributed by atoms with Crippen LogP contribution in [0.1, 0.15) is 35.1 Å². The van der Waals surface area contributed by atoms with E-state index in [0.29, 0.717) is 0 Å². The minimum absolute atomic E-state index is 0.0184. The summed E-state index contributed by atoms with van der Waals surface area (Å²) in [6.45, 7) is 15.6. The quantitative estimate of drug-likeness (QED) is 0.126. The summed E-state index contributed by atoms with van der Waals surface area (Å²) in [6, 6.07) is 30.3. The number of para-hydroxylation sites is 2. The third-order valence-corrected chi connectivity index (χ3v) is 12.1. The number of benzene rings is 4. The van der Waals surface area contributed by atoms with Crippen LogP contribution in [0.4, 0.5) is 11.4 Å². The van der Waals surface area contributed by atoms with Gasteiger partial charge in [-0.1, -0.05) is 83.2 Å². The Labute approximate surface area is 317 Å². The number of ether oxygens (including phenoxy) is 2. The molecule has 2 saturated heterocycles. The predicted molar refractivity (Wildman–Crippen MR) is 212 cm³/mol. The van der Waals surface area contributed by atoms with Gasteiger partial charge >= 0.3 is 11.9 Å². The summed E-state index contributed by atoms with van der Waals surface area (Å²) in [5.41, 5.74) is 7.59. The Balaban J connectivity index is 0.870. The van der Waals surface area contributed by atoms with Gasteiger partial charge in [-0.3, -0.25) is 19.4 Å². The first kappa shape index (κ1) is 37.8. The third kappa shape index (κ3) is 10.3. The maximum atomic E-state index is 12.5. The molecule has 52 heavy (non-hydrogen) atoms. The molecule has 0 N–H and O–H groups in total. The topological polar surface area (TPSA) is 65.6 Å². The van der Waals surface area contributed by atoms with Gasteiger partial charge in [0.25, 0.3) is 0 Å². The zero-order valence-electron chi connectivity index (χ0n) is 30.8. The van der Waals surface area contributed by atoms with Crippen molar-refractivity contribution in [3.05, 3.63) is 107 Å². The fourth-order valence-electron chi connectivity index (χ4n) is 6.58. The van der Waals surface area contributed by atoms with E-state index >= 15 is 0 Å². The highest BCUT2D eigenvalue weighted by molar-refractivity contribution is 7.99. The van der Waals surface area contributed by atoms with Crippen molar-refractivity contribution in [1.82, 2.24) is 9.80 Å². The Morgan fingerprint density at radius 2 is 0.904 bits per heavy atom. The molecule has 0 spiro atoms. The average molecular weight is 739 g/mol. The molecule has 10 heteroatoms. The number of hydrogen-bond acceptors (Lipinski definition) is 10. The van der Waals surface area contributed by atoms with Crippen LogP contribution in [0.25, 0.3) is 0 Å². The van der Waals surface area contributed by atoms with Crippen LogP contribution in [0.5, 0.6) is 0 Å². The van der Waals surface area contributed by atoms with Crippen molar-refractivity contribution in [3.63, 3.8) is 0 Å². The van der Waals surface area contributed by atoms with Crippen LogP contribution in [-0.2, 0) is 19.1 Å². The van der Waals surface area contributed by atoms with E-state index in [0.717, 1.165) is 52.4 Å². The molecule has 0 radical (unpaired) electrons. The molecule has 0 amide bonds. The van der Waals surface area contributed by atoms with Crippen molar-refractivity contribution in [2.45, 2.75) is 60.1 Å². The van der Waals surface area contributed by atoms with Crippen molar-refractivity contribution in [2.24, 2.45) is 0 Å². The van der Waals surface area contributed by atoms with Gasteiger partial charge in [0.05, 0.1) is 24.2 Å². The molecular formula is C42H50N4O4S2. The first-order valence-corrected chi connectivity index (χ1v) is 19.8. The van der Waals surface area contributed by atoms with Gasteiger partial charge in [-0.25, -0.2) is 0 Å². The fourth-order valence-corrected chi connectivity index (χ4v) is 8.67. The Bertz CT molecular complexity index is 1700. The van der Waals surface area contributed by atoms with Gasteiger partial charge in [-0.15, -0.1) is 0 Å².